The van der Waals surface area contributed by atoms with Crippen molar-refractivity contribution in [3.63, 3.8) is 0 Å². The summed E-state index contributed by atoms with van der Waals surface area (Å²) < 4.78 is 74.0. The number of carbonyl (C=O) groups is 2. The van der Waals surface area contributed by atoms with Gasteiger partial charge in [-0.25, -0.2) is 14.2 Å². The third kappa shape index (κ3) is 8.92. The van der Waals surface area contributed by atoms with Gasteiger partial charge in [0.25, 0.3) is 0 Å². The highest BCUT2D eigenvalue weighted by atomic mass is 19.4. The zero-order valence-corrected chi connectivity index (χ0v) is 26.5. The quantitative estimate of drug-likeness (QED) is 0.200. The number of nitrogens with zero attached hydrogens (tertiary/aromatic N) is 3. The molecule has 1 aromatic carbocycles. The van der Waals surface area contributed by atoms with Gasteiger partial charge in [0.1, 0.15) is 5.56 Å². The Labute approximate surface area is 270 Å². The lowest BCUT2D eigenvalue weighted by molar-refractivity contribution is -0.139. The van der Waals surface area contributed by atoms with Gasteiger partial charge in [0.15, 0.2) is 11.6 Å². The van der Waals surface area contributed by atoms with Crippen LogP contribution in [0.4, 0.5) is 23.2 Å². The molecule has 252 valence electrons. The number of methoxy groups -OCH3 is 2. The lowest BCUT2D eigenvalue weighted by atomic mass is 9.82. The highest BCUT2D eigenvalue weighted by molar-refractivity contribution is 6.03. The smallest absolute Gasteiger partial charge is 0.421 e. The summed E-state index contributed by atoms with van der Waals surface area (Å²) in [5, 5.41) is 10.2. The van der Waals surface area contributed by atoms with Crippen molar-refractivity contribution in [2.24, 2.45) is 11.8 Å². The van der Waals surface area contributed by atoms with Crippen LogP contribution in [0.5, 0.6) is 11.6 Å². The van der Waals surface area contributed by atoms with E-state index in [9.17, 15) is 27.9 Å². The molecule has 4 rings (SSSR count). The van der Waals surface area contributed by atoms with Crippen LogP contribution in [-0.2, 0) is 20.4 Å². The molecule has 0 spiro atoms. The minimum atomic E-state index is -4.95. The van der Waals surface area contributed by atoms with E-state index in [1.807, 2.05) is 0 Å². The van der Waals surface area contributed by atoms with Crippen LogP contribution in [-0.4, -0.2) is 60.4 Å². The van der Waals surface area contributed by atoms with E-state index in [1.54, 1.807) is 25.1 Å². The normalized spacial score (nSPS) is 16.9. The van der Waals surface area contributed by atoms with Gasteiger partial charge in [-0.3, -0.25) is 9.78 Å². The maximum atomic E-state index is 15.7. The second-order valence-electron chi connectivity index (χ2n) is 11.6. The number of anilines is 1. The van der Waals surface area contributed by atoms with E-state index in [2.05, 4.69) is 16.9 Å². The predicted molar refractivity (Wildman–Crippen MR) is 167 cm³/mol. The molecule has 0 radical (unpaired) electrons. The average Bonchev–Trinajstić information content (AvgIpc) is 3.01. The average molecular weight is 660 g/mol. The van der Waals surface area contributed by atoms with Gasteiger partial charge >= 0.3 is 12.1 Å². The van der Waals surface area contributed by atoms with Gasteiger partial charge in [-0.2, -0.15) is 13.2 Å². The zero-order chi connectivity index (χ0) is 34.3. The summed E-state index contributed by atoms with van der Waals surface area (Å²) >= 11 is 0. The largest absolute Gasteiger partial charge is 0.478 e. The lowest BCUT2D eigenvalue weighted by Gasteiger charge is -2.36. The second-order valence-corrected chi connectivity index (χ2v) is 11.6. The molecule has 0 unspecified atom stereocenters. The van der Waals surface area contributed by atoms with Gasteiger partial charge in [0.2, 0.25) is 11.8 Å². The fourth-order valence-corrected chi connectivity index (χ4v) is 5.56. The van der Waals surface area contributed by atoms with Gasteiger partial charge in [-0.05, 0) is 68.4 Å². The Morgan fingerprint density at radius 2 is 1.74 bits per heavy atom. The molecule has 0 aliphatic heterocycles. The van der Waals surface area contributed by atoms with Crippen molar-refractivity contribution in [2.75, 3.05) is 32.3 Å². The topological polar surface area (TPSA) is 111 Å². The minimum absolute atomic E-state index is 0.0543. The first-order valence-corrected chi connectivity index (χ1v) is 15.1. The van der Waals surface area contributed by atoms with Gasteiger partial charge in [-0.1, -0.05) is 19.1 Å². The fraction of sp³-hybridized carbons (Fsp3) is 0.412. The number of amides is 1. The number of hydrogen-bond donors (Lipinski definition) is 1. The number of carboxylic acids is 1. The van der Waals surface area contributed by atoms with E-state index in [0.717, 1.165) is 42.9 Å². The minimum Gasteiger partial charge on any atom is -0.478 e. The van der Waals surface area contributed by atoms with Crippen molar-refractivity contribution < 1.29 is 46.5 Å². The number of alkyl halides is 3. The van der Waals surface area contributed by atoms with Crippen molar-refractivity contribution in [3.8, 4) is 11.6 Å². The van der Waals surface area contributed by atoms with Crippen LogP contribution >= 0.6 is 0 Å². The summed E-state index contributed by atoms with van der Waals surface area (Å²) in [6.07, 6.45) is 1.78. The van der Waals surface area contributed by atoms with Gasteiger partial charge in [0, 0.05) is 44.2 Å². The maximum absolute atomic E-state index is 15.7. The molecule has 1 fully saturated rings. The van der Waals surface area contributed by atoms with E-state index in [4.69, 9.17) is 14.2 Å². The number of aromatic carboxylic acids is 1. The van der Waals surface area contributed by atoms with E-state index in [1.165, 1.54) is 31.3 Å². The summed E-state index contributed by atoms with van der Waals surface area (Å²) in [7, 11) is 2.80. The zero-order valence-electron chi connectivity index (χ0n) is 26.5. The lowest BCUT2D eigenvalue weighted by Crippen LogP contribution is -2.49. The third-order valence-corrected chi connectivity index (χ3v) is 7.97. The second kappa shape index (κ2) is 15.5. The summed E-state index contributed by atoms with van der Waals surface area (Å²) in [5.41, 5.74) is -0.840. The number of halogens is 4. The molecule has 1 N–H and O–H groups in total. The van der Waals surface area contributed by atoms with E-state index in [0.29, 0.717) is 24.5 Å². The number of carbonyl (C=O) groups excluding carboxylic acids is 1. The van der Waals surface area contributed by atoms with Crippen LogP contribution in [0.1, 0.15) is 65.5 Å². The molecule has 1 aliphatic carbocycles. The van der Waals surface area contributed by atoms with Gasteiger partial charge < -0.3 is 24.2 Å². The molecular formula is C34H37F4N3O6. The van der Waals surface area contributed by atoms with Crippen LogP contribution < -0.4 is 9.64 Å². The Hall–Kier alpha value is -4.36. The summed E-state index contributed by atoms with van der Waals surface area (Å²) in [5.74, 6) is -4.98. The summed E-state index contributed by atoms with van der Waals surface area (Å²) in [4.78, 5) is 35.7. The highest BCUT2D eigenvalue weighted by Crippen LogP contribution is 2.40. The van der Waals surface area contributed by atoms with Crippen molar-refractivity contribution in [1.29, 1.82) is 0 Å². The maximum Gasteiger partial charge on any atom is 0.421 e. The van der Waals surface area contributed by atoms with E-state index in [-0.39, 0.29) is 24.5 Å². The van der Waals surface area contributed by atoms with Crippen LogP contribution in [0.2, 0.25) is 0 Å². The Bertz CT molecular complexity index is 1600. The Morgan fingerprint density at radius 3 is 2.34 bits per heavy atom. The molecule has 1 amide bonds. The molecule has 3 aromatic rings. The summed E-state index contributed by atoms with van der Waals surface area (Å²) in [6, 6.07) is 6.71. The SMILES string of the molecule is COCC(COC)N(c1cc(F)c(Oc2ncc(/C=C/c3cccc(C)n3)cc2C(F)(F)F)cc1C(=O)O)C(=O)[C@H]1CC[C@H](C)CC1. The molecule has 1 aliphatic rings. The van der Waals surface area contributed by atoms with Crippen molar-refractivity contribution in [1.82, 2.24) is 9.97 Å². The van der Waals surface area contributed by atoms with Crippen LogP contribution in [0.15, 0.2) is 42.6 Å². The molecule has 1 saturated carbocycles. The third-order valence-electron chi connectivity index (χ3n) is 7.97. The Kier molecular flexibility index (Phi) is 11.7. The van der Waals surface area contributed by atoms with Crippen LogP contribution in [0.25, 0.3) is 12.2 Å². The number of ether oxygens (including phenoxy) is 3. The molecule has 0 saturated heterocycles. The molecule has 2 heterocycles. The van der Waals surface area contributed by atoms with Crippen molar-refractivity contribution >= 4 is 29.7 Å². The molecule has 47 heavy (non-hydrogen) atoms. The highest BCUT2D eigenvalue weighted by Gasteiger charge is 2.38. The number of pyridine rings is 2. The summed E-state index contributed by atoms with van der Waals surface area (Å²) in [6.45, 7) is 3.75. The Morgan fingerprint density at radius 1 is 1.06 bits per heavy atom. The molecular weight excluding hydrogens is 622 g/mol. The number of rotatable bonds is 12. The molecule has 13 heteroatoms. The van der Waals surface area contributed by atoms with E-state index >= 15 is 4.39 Å². The van der Waals surface area contributed by atoms with Crippen molar-refractivity contribution in [2.45, 2.75) is 51.7 Å². The number of carboxylic acid groups (broad SMARTS) is 1. The number of aromatic nitrogens is 2. The first-order valence-electron chi connectivity index (χ1n) is 15.1. The molecule has 2 aromatic heterocycles. The number of aryl methyl sites for hydroxylation is 1. The number of hydrogen-bond acceptors (Lipinski definition) is 7. The first kappa shape index (κ1) is 35.5. The first-order chi connectivity index (χ1) is 22.3. The number of benzene rings is 1. The molecule has 0 atom stereocenters. The van der Waals surface area contributed by atoms with Gasteiger partial charge in [0.05, 0.1) is 36.2 Å². The van der Waals surface area contributed by atoms with Crippen LogP contribution in [0, 0.1) is 24.6 Å². The fourth-order valence-electron chi connectivity index (χ4n) is 5.56. The van der Waals surface area contributed by atoms with E-state index < -0.39 is 58.6 Å². The molecule has 9 nitrogen and oxygen atoms in total. The van der Waals surface area contributed by atoms with Crippen LogP contribution in [0.3, 0.4) is 0 Å². The standard InChI is InChI=1S/C34H37F4N3O6/c1-20-8-11-23(12-9-20)32(42)41(25(18-45-3)19-46-4)29-16-28(35)30(15-26(29)33(43)44)47-31-27(34(36,37)38)14-22(17-39-31)10-13-24-7-5-6-21(2)40-24/h5-7,10,13-17,20,23,25H,8-9,11-12,18-19H2,1-4H3,(H,43,44)/b13-10+/t20-,23-. The van der Waals surface area contributed by atoms with Gasteiger partial charge in [-0.15, -0.1) is 0 Å². The predicted octanol–water partition coefficient (Wildman–Crippen LogP) is 7.42. The van der Waals surface area contributed by atoms with Crippen molar-refractivity contribution in [3.05, 3.63) is 76.5 Å². The Balaban J connectivity index is 1.74. The molecule has 0 bridgehead atoms. The monoisotopic (exact) mass is 659 g/mol.